The maximum absolute atomic E-state index is 12.5. The van der Waals surface area contributed by atoms with Crippen LogP contribution in [0.4, 0.5) is 0 Å². The van der Waals surface area contributed by atoms with E-state index >= 15 is 0 Å². The molecule has 0 aliphatic carbocycles. The van der Waals surface area contributed by atoms with Crippen molar-refractivity contribution in [2.75, 3.05) is 13.2 Å². The molecule has 6 nitrogen and oxygen atoms in total. The van der Waals surface area contributed by atoms with Crippen LogP contribution in [0.3, 0.4) is 0 Å². The van der Waals surface area contributed by atoms with E-state index in [1.165, 1.54) is 244 Å². The highest BCUT2D eigenvalue weighted by atomic mass is 16.5. The molecule has 0 heterocycles. The number of unbranched alkanes of at least 4 members (excludes halogenated alkanes) is 41. The number of hydrogen-bond donors (Lipinski definition) is 3. The van der Waals surface area contributed by atoms with Crippen LogP contribution >= 0.6 is 0 Å². The number of carbonyl (C=O) groups excluding carboxylic acids is 2. The molecule has 6 heteroatoms. The SMILES string of the molecule is CCC/C=C\C/C=C\CCCCCCCC(=O)OCCCCCCCCCCCCCCCCCCCCCCCCCC(=O)NC(CO)C(O)/C=C/CCCCCCCCCCCCCCC. The minimum Gasteiger partial charge on any atom is -0.466 e. The molecule has 2 unspecified atom stereocenters. The van der Waals surface area contributed by atoms with Crippen LogP contribution in [-0.4, -0.2) is 47.4 Å². The summed E-state index contributed by atoms with van der Waals surface area (Å²) >= 11 is 0. The van der Waals surface area contributed by atoms with Crippen LogP contribution in [0.2, 0.25) is 0 Å². The Morgan fingerprint density at radius 3 is 1.18 bits per heavy atom. The number of hydrogen-bond acceptors (Lipinski definition) is 5. The largest absolute Gasteiger partial charge is 0.466 e. The lowest BCUT2D eigenvalue weighted by Crippen LogP contribution is -2.45. The molecule has 0 spiro atoms. The van der Waals surface area contributed by atoms with Gasteiger partial charge in [0.1, 0.15) is 0 Å². The highest BCUT2D eigenvalue weighted by Crippen LogP contribution is 2.17. The number of aliphatic hydroxyl groups is 2. The monoisotopic (exact) mass is 956 g/mol. The van der Waals surface area contributed by atoms with Crippen LogP contribution in [0, 0.1) is 0 Å². The van der Waals surface area contributed by atoms with Gasteiger partial charge in [0.25, 0.3) is 0 Å². The number of nitrogens with one attached hydrogen (secondary N) is 1. The van der Waals surface area contributed by atoms with Gasteiger partial charge in [-0.05, 0) is 57.8 Å². The normalized spacial score (nSPS) is 12.8. The van der Waals surface area contributed by atoms with E-state index in [2.05, 4.69) is 43.5 Å². The smallest absolute Gasteiger partial charge is 0.305 e. The van der Waals surface area contributed by atoms with Crippen LogP contribution < -0.4 is 5.32 Å². The van der Waals surface area contributed by atoms with Gasteiger partial charge in [0.2, 0.25) is 5.91 Å². The minimum atomic E-state index is -0.844. The molecule has 0 bridgehead atoms. The third-order valence-corrected chi connectivity index (χ3v) is 13.9. The molecule has 68 heavy (non-hydrogen) atoms. The van der Waals surface area contributed by atoms with Crippen molar-refractivity contribution >= 4 is 11.9 Å². The Bertz CT molecular complexity index is 1100. The summed E-state index contributed by atoms with van der Waals surface area (Å²) in [7, 11) is 0. The molecule has 3 N–H and O–H groups in total. The first-order valence-corrected chi connectivity index (χ1v) is 30.3. The number of amides is 1. The lowest BCUT2D eigenvalue weighted by molar-refractivity contribution is -0.143. The summed E-state index contributed by atoms with van der Waals surface area (Å²) in [6.45, 7) is 4.84. The third kappa shape index (κ3) is 53.4. The number of ether oxygens (including phenoxy) is 1. The van der Waals surface area contributed by atoms with Gasteiger partial charge in [-0.2, -0.15) is 0 Å². The maximum atomic E-state index is 12.5. The van der Waals surface area contributed by atoms with Gasteiger partial charge in [0.05, 0.1) is 25.4 Å². The summed E-state index contributed by atoms with van der Waals surface area (Å²) in [5.41, 5.74) is 0. The van der Waals surface area contributed by atoms with Crippen LogP contribution in [0.25, 0.3) is 0 Å². The zero-order chi connectivity index (χ0) is 49.3. The van der Waals surface area contributed by atoms with Crippen molar-refractivity contribution in [2.24, 2.45) is 0 Å². The van der Waals surface area contributed by atoms with Crippen LogP contribution in [0.1, 0.15) is 322 Å². The van der Waals surface area contributed by atoms with E-state index in [-0.39, 0.29) is 18.5 Å². The van der Waals surface area contributed by atoms with Gasteiger partial charge in [-0.25, -0.2) is 0 Å². The molecule has 0 radical (unpaired) electrons. The van der Waals surface area contributed by atoms with E-state index in [4.69, 9.17) is 4.74 Å². The molecule has 0 saturated carbocycles. The second-order valence-corrected chi connectivity index (χ2v) is 20.7. The summed E-state index contributed by atoms with van der Waals surface area (Å²) in [5, 5.41) is 23.1. The predicted molar refractivity (Wildman–Crippen MR) is 296 cm³/mol. The second-order valence-electron chi connectivity index (χ2n) is 20.7. The topological polar surface area (TPSA) is 95.9 Å². The zero-order valence-corrected chi connectivity index (χ0v) is 45.6. The van der Waals surface area contributed by atoms with Crippen molar-refractivity contribution in [3.05, 3.63) is 36.5 Å². The van der Waals surface area contributed by atoms with E-state index in [9.17, 15) is 19.8 Å². The Morgan fingerprint density at radius 2 is 0.765 bits per heavy atom. The molecule has 1 amide bonds. The average Bonchev–Trinajstić information content (AvgIpc) is 3.34. The minimum absolute atomic E-state index is 0.00162. The van der Waals surface area contributed by atoms with Crippen molar-refractivity contribution in [1.82, 2.24) is 5.32 Å². The molecule has 2 atom stereocenters. The first-order chi connectivity index (χ1) is 33.5. The number of carbonyl (C=O) groups is 2. The molecule has 0 saturated heterocycles. The van der Waals surface area contributed by atoms with E-state index in [0.717, 1.165) is 51.4 Å². The Labute approximate surface area is 424 Å². The standard InChI is InChI=1S/C62H117NO5/c1-3-5-7-9-11-13-15-17-27-31-34-38-42-46-50-54-60(65)59(58-64)63-61(66)55-51-47-43-39-35-32-28-25-23-21-19-18-20-22-24-26-29-33-37-41-45-49-53-57-68-62(67)56-52-48-44-40-36-30-16-14-12-10-8-6-4-2/h8,10,14,16,50,54,59-60,64-65H,3-7,9,11-13,15,17-49,51-53,55-58H2,1-2H3,(H,63,66)/b10-8-,16-14-,54-50+. The van der Waals surface area contributed by atoms with E-state index in [0.29, 0.717) is 19.4 Å². The Kier molecular flexibility index (Phi) is 56.0. The van der Waals surface area contributed by atoms with E-state index in [1.807, 2.05) is 6.08 Å². The second kappa shape index (κ2) is 57.7. The molecular weight excluding hydrogens is 839 g/mol. The summed E-state index contributed by atoms with van der Waals surface area (Å²) in [4.78, 5) is 24.5. The molecule has 400 valence electrons. The van der Waals surface area contributed by atoms with E-state index in [1.54, 1.807) is 6.08 Å². The first-order valence-electron chi connectivity index (χ1n) is 30.3. The number of esters is 1. The van der Waals surface area contributed by atoms with Crippen molar-refractivity contribution in [3.63, 3.8) is 0 Å². The fraction of sp³-hybridized carbons (Fsp3) is 0.871. The van der Waals surface area contributed by atoms with Gasteiger partial charge in [-0.3, -0.25) is 9.59 Å². The van der Waals surface area contributed by atoms with Gasteiger partial charge in [0, 0.05) is 12.8 Å². The van der Waals surface area contributed by atoms with Gasteiger partial charge in [-0.1, -0.05) is 288 Å². The number of rotatable bonds is 56. The third-order valence-electron chi connectivity index (χ3n) is 13.9. The molecule has 0 fully saturated rings. The Morgan fingerprint density at radius 1 is 0.412 bits per heavy atom. The molecule has 0 rings (SSSR count). The van der Waals surface area contributed by atoms with Gasteiger partial charge < -0.3 is 20.3 Å². The van der Waals surface area contributed by atoms with Crippen LogP contribution in [-0.2, 0) is 14.3 Å². The summed E-state index contributed by atoms with van der Waals surface area (Å²) in [6.07, 6.45) is 71.8. The fourth-order valence-electron chi connectivity index (χ4n) is 9.26. The average molecular weight is 957 g/mol. The summed E-state index contributed by atoms with van der Waals surface area (Å²) in [6, 6.07) is -0.627. The molecule has 0 aromatic carbocycles. The van der Waals surface area contributed by atoms with Gasteiger partial charge in [-0.15, -0.1) is 0 Å². The number of aliphatic hydroxyl groups excluding tert-OH is 2. The fourth-order valence-corrected chi connectivity index (χ4v) is 9.26. The highest BCUT2D eigenvalue weighted by molar-refractivity contribution is 5.76. The Balaban J connectivity index is 3.40. The summed E-state index contributed by atoms with van der Waals surface area (Å²) in [5.74, 6) is -0.0682. The molecule has 0 aromatic heterocycles. The van der Waals surface area contributed by atoms with Crippen molar-refractivity contribution in [1.29, 1.82) is 0 Å². The molecule has 0 aliphatic rings. The van der Waals surface area contributed by atoms with Crippen molar-refractivity contribution in [2.45, 2.75) is 334 Å². The van der Waals surface area contributed by atoms with E-state index < -0.39 is 12.1 Å². The predicted octanol–water partition coefficient (Wildman–Crippen LogP) is 18.8. The summed E-state index contributed by atoms with van der Waals surface area (Å²) < 4.78 is 5.47. The van der Waals surface area contributed by atoms with Gasteiger partial charge in [0.15, 0.2) is 0 Å². The van der Waals surface area contributed by atoms with Crippen molar-refractivity contribution in [3.8, 4) is 0 Å². The quantitative estimate of drug-likeness (QED) is 0.0321. The maximum Gasteiger partial charge on any atom is 0.305 e. The zero-order valence-electron chi connectivity index (χ0n) is 45.6. The van der Waals surface area contributed by atoms with Crippen LogP contribution in [0.15, 0.2) is 36.5 Å². The molecule has 0 aliphatic heterocycles. The molecule has 0 aromatic rings. The van der Waals surface area contributed by atoms with Crippen LogP contribution in [0.5, 0.6) is 0 Å². The highest BCUT2D eigenvalue weighted by Gasteiger charge is 2.18. The molecular formula is C62H117NO5. The lowest BCUT2D eigenvalue weighted by atomic mass is 10.0. The van der Waals surface area contributed by atoms with Gasteiger partial charge >= 0.3 is 5.97 Å². The number of allylic oxidation sites excluding steroid dienone is 5. The lowest BCUT2D eigenvalue weighted by Gasteiger charge is -2.20. The first kappa shape index (κ1) is 66.1. The Hall–Kier alpha value is -1.92. The van der Waals surface area contributed by atoms with Crippen molar-refractivity contribution < 1.29 is 24.5 Å².